The minimum atomic E-state index is 0.449. The standard InChI is InChI=1S/C19H15N5O2/c1-26-17-12(11-25)5-4-7-14(17)19-21-15-8-3-2-6-13(15)18(23-19)22-16-9-10-20-24-16/h2-11H,1H3,(H2,20,21,22,23,24). The first kappa shape index (κ1) is 15.8. The van der Waals surface area contributed by atoms with Crippen LogP contribution in [0.1, 0.15) is 10.4 Å². The largest absolute Gasteiger partial charge is 0.495 e. The van der Waals surface area contributed by atoms with Gasteiger partial charge in [0.15, 0.2) is 12.1 Å². The van der Waals surface area contributed by atoms with E-state index in [1.807, 2.05) is 36.4 Å². The van der Waals surface area contributed by atoms with Gasteiger partial charge in [-0.05, 0) is 24.3 Å². The first-order chi connectivity index (χ1) is 12.8. The van der Waals surface area contributed by atoms with Gasteiger partial charge in [-0.15, -0.1) is 0 Å². The van der Waals surface area contributed by atoms with Crippen LogP contribution >= 0.6 is 0 Å². The summed E-state index contributed by atoms with van der Waals surface area (Å²) in [5.74, 6) is 2.26. The summed E-state index contributed by atoms with van der Waals surface area (Å²) in [6.07, 6.45) is 2.41. The minimum absolute atomic E-state index is 0.449. The molecule has 26 heavy (non-hydrogen) atoms. The molecule has 4 aromatic rings. The Bertz CT molecular complexity index is 1080. The van der Waals surface area contributed by atoms with E-state index in [1.54, 1.807) is 18.3 Å². The van der Waals surface area contributed by atoms with Crippen molar-refractivity contribution in [2.24, 2.45) is 0 Å². The molecule has 0 aliphatic carbocycles. The minimum Gasteiger partial charge on any atom is -0.495 e. The zero-order chi connectivity index (χ0) is 17.9. The molecule has 0 atom stereocenters. The lowest BCUT2D eigenvalue weighted by molar-refractivity contribution is 0.112. The molecule has 0 saturated heterocycles. The maximum Gasteiger partial charge on any atom is 0.165 e. The van der Waals surface area contributed by atoms with Crippen LogP contribution in [0, 0.1) is 0 Å². The Morgan fingerprint density at radius 2 is 1.96 bits per heavy atom. The highest BCUT2D eigenvalue weighted by atomic mass is 16.5. The topological polar surface area (TPSA) is 92.8 Å². The van der Waals surface area contributed by atoms with Crippen molar-refractivity contribution < 1.29 is 9.53 Å². The van der Waals surface area contributed by atoms with Gasteiger partial charge >= 0.3 is 0 Å². The summed E-state index contributed by atoms with van der Waals surface area (Å²) in [6, 6.07) is 14.8. The zero-order valence-electron chi connectivity index (χ0n) is 13.9. The molecule has 0 saturated carbocycles. The van der Waals surface area contributed by atoms with Crippen LogP contribution in [0.3, 0.4) is 0 Å². The van der Waals surface area contributed by atoms with Crippen molar-refractivity contribution in [2.45, 2.75) is 0 Å². The van der Waals surface area contributed by atoms with Gasteiger partial charge in [-0.25, -0.2) is 9.97 Å². The second kappa shape index (κ2) is 6.64. The third-order valence-electron chi connectivity index (χ3n) is 3.97. The second-order valence-corrected chi connectivity index (χ2v) is 5.55. The van der Waals surface area contributed by atoms with Crippen LogP contribution in [0.5, 0.6) is 5.75 Å². The summed E-state index contributed by atoms with van der Waals surface area (Å²) < 4.78 is 5.43. The fourth-order valence-corrected chi connectivity index (χ4v) is 2.80. The molecule has 2 N–H and O–H groups in total. The molecule has 7 nitrogen and oxygen atoms in total. The van der Waals surface area contributed by atoms with Gasteiger partial charge in [0.25, 0.3) is 0 Å². The van der Waals surface area contributed by atoms with E-state index in [0.29, 0.717) is 34.3 Å². The van der Waals surface area contributed by atoms with Gasteiger partial charge in [0.2, 0.25) is 0 Å². The number of anilines is 2. The number of carbonyl (C=O) groups excluding carboxylic acids is 1. The molecule has 0 amide bonds. The summed E-state index contributed by atoms with van der Waals surface area (Å²) in [7, 11) is 1.52. The van der Waals surface area contributed by atoms with E-state index in [4.69, 9.17) is 4.74 Å². The Morgan fingerprint density at radius 1 is 1.08 bits per heavy atom. The molecule has 0 bridgehead atoms. The van der Waals surface area contributed by atoms with Crippen molar-refractivity contribution >= 4 is 28.8 Å². The molecule has 2 heterocycles. The van der Waals surface area contributed by atoms with E-state index in [2.05, 4.69) is 25.5 Å². The number of aromatic amines is 1. The lowest BCUT2D eigenvalue weighted by Gasteiger charge is -2.13. The molecule has 0 aliphatic heterocycles. The summed E-state index contributed by atoms with van der Waals surface area (Å²) in [5.41, 5.74) is 1.87. The second-order valence-electron chi connectivity index (χ2n) is 5.55. The van der Waals surface area contributed by atoms with Crippen LogP contribution in [-0.4, -0.2) is 33.6 Å². The van der Waals surface area contributed by atoms with Crippen molar-refractivity contribution in [3.05, 3.63) is 60.3 Å². The molecule has 7 heteroatoms. The summed E-state index contributed by atoms with van der Waals surface area (Å²) in [6.45, 7) is 0. The van der Waals surface area contributed by atoms with Crippen LogP contribution in [0.2, 0.25) is 0 Å². The molecule has 0 unspecified atom stereocenters. The average molecular weight is 345 g/mol. The van der Waals surface area contributed by atoms with Gasteiger partial charge in [-0.3, -0.25) is 9.89 Å². The smallest absolute Gasteiger partial charge is 0.165 e. The molecule has 0 fully saturated rings. The highest BCUT2D eigenvalue weighted by Gasteiger charge is 2.16. The van der Waals surface area contributed by atoms with Crippen molar-refractivity contribution in [2.75, 3.05) is 12.4 Å². The van der Waals surface area contributed by atoms with E-state index in [9.17, 15) is 4.79 Å². The highest BCUT2D eigenvalue weighted by molar-refractivity contribution is 5.93. The van der Waals surface area contributed by atoms with Crippen LogP contribution in [-0.2, 0) is 0 Å². The predicted molar refractivity (Wildman–Crippen MR) is 98.8 cm³/mol. The first-order valence-corrected chi connectivity index (χ1v) is 7.96. The Morgan fingerprint density at radius 3 is 2.73 bits per heavy atom. The number of fused-ring (bicyclic) bond motifs is 1. The van der Waals surface area contributed by atoms with Crippen molar-refractivity contribution in [3.63, 3.8) is 0 Å². The third kappa shape index (κ3) is 2.75. The van der Waals surface area contributed by atoms with Gasteiger partial charge in [-0.1, -0.05) is 18.2 Å². The average Bonchev–Trinajstić information content (AvgIpc) is 3.20. The number of nitrogens with one attached hydrogen (secondary N) is 2. The van der Waals surface area contributed by atoms with E-state index in [0.717, 1.165) is 17.2 Å². The lowest BCUT2D eigenvalue weighted by atomic mass is 10.1. The van der Waals surface area contributed by atoms with Crippen molar-refractivity contribution in [1.29, 1.82) is 0 Å². The summed E-state index contributed by atoms with van der Waals surface area (Å²) >= 11 is 0. The Labute approximate surface area is 149 Å². The van der Waals surface area contributed by atoms with Crippen LogP contribution in [0.25, 0.3) is 22.3 Å². The van der Waals surface area contributed by atoms with E-state index >= 15 is 0 Å². The zero-order valence-corrected chi connectivity index (χ0v) is 13.9. The third-order valence-corrected chi connectivity index (χ3v) is 3.97. The number of aldehydes is 1. The number of hydrogen-bond donors (Lipinski definition) is 2. The van der Waals surface area contributed by atoms with Crippen molar-refractivity contribution in [1.82, 2.24) is 20.2 Å². The van der Waals surface area contributed by atoms with Gasteiger partial charge < -0.3 is 10.1 Å². The molecule has 2 aromatic carbocycles. The predicted octanol–water partition coefficient (Wildman–Crippen LogP) is 3.58. The maximum absolute atomic E-state index is 11.3. The number of nitrogens with zero attached hydrogens (tertiary/aromatic N) is 3. The first-order valence-electron chi connectivity index (χ1n) is 7.96. The fraction of sp³-hybridized carbons (Fsp3) is 0.0526. The summed E-state index contributed by atoms with van der Waals surface area (Å²) in [4.78, 5) is 20.6. The number of hydrogen-bond acceptors (Lipinski definition) is 6. The molecular weight excluding hydrogens is 330 g/mol. The number of carbonyl (C=O) groups is 1. The van der Waals surface area contributed by atoms with E-state index in [-0.39, 0.29) is 0 Å². The van der Waals surface area contributed by atoms with E-state index in [1.165, 1.54) is 7.11 Å². The number of ether oxygens (including phenoxy) is 1. The molecule has 0 aliphatic rings. The molecule has 4 rings (SSSR count). The number of aromatic nitrogens is 4. The molecular formula is C19H15N5O2. The van der Waals surface area contributed by atoms with Gasteiger partial charge in [0.1, 0.15) is 17.4 Å². The number of para-hydroxylation sites is 2. The van der Waals surface area contributed by atoms with Gasteiger partial charge in [0, 0.05) is 11.5 Å². The SMILES string of the molecule is COc1c(C=O)cccc1-c1nc(Nc2ccn[nH]2)c2ccccc2n1. The fourth-order valence-electron chi connectivity index (χ4n) is 2.80. The van der Waals surface area contributed by atoms with Gasteiger partial charge in [0.05, 0.1) is 30.0 Å². The number of rotatable bonds is 5. The number of benzene rings is 2. The number of methoxy groups -OCH3 is 1. The Hall–Kier alpha value is -3.74. The Balaban J connectivity index is 1.93. The Kier molecular flexibility index (Phi) is 4.03. The van der Waals surface area contributed by atoms with Gasteiger partial charge in [-0.2, -0.15) is 5.10 Å². The molecule has 2 aromatic heterocycles. The van der Waals surface area contributed by atoms with Crippen molar-refractivity contribution in [3.8, 4) is 17.1 Å². The normalized spacial score (nSPS) is 10.7. The van der Waals surface area contributed by atoms with Crippen LogP contribution in [0.4, 0.5) is 11.6 Å². The summed E-state index contributed by atoms with van der Waals surface area (Å²) in [5, 5.41) is 10.9. The highest BCUT2D eigenvalue weighted by Crippen LogP contribution is 2.33. The maximum atomic E-state index is 11.3. The van der Waals surface area contributed by atoms with E-state index < -0.39 is 0 Å². The monoisotopic (exact) mass is 345 g/mol. The van der Waals surface area contributed by atoms with Crippen LogP contribution < -0.4 is 10.1 Å². The molecule has 128 valence electrons. The molecule has 0 spiro atoms. The molecule has 0 radical (unpaired) electrons. The lowest BCUT2D eigenvalue weighted by Crippen LogP contribution is -2.01. The number of H-pyrrole nitrogens is 1. The quantitative estimate of drug-likeness (QED) is 0.537. The van der Waals surface area contributed by atoms with Crippen LogP contribution in [0.15, 0.2) is 54.7 Å².